The van der Waals surface area contributed by atoms with Crippen molar-refractivity contribution in [1.82, 2.24) is 19.9 Å². The Morgan fingerprint density at radius 2 is 2.02 bits per heavy atom. The van der Waals surface area contributed by atoms with Gasteiger partial charge in [-0.05, 0) is 79.0 Å². The second-order valence-corrected chi connectivity index (χ2v) is 13.6. The number of hydrogen-bond acceptors (Lipinski definition) is 7. The maximum absolute atomic E-state index is 16.7. The third-order valence-electron chi connectivity index (χ3n) is 10.8. The summed E-state index contributed by atoms with van der Waals surface area (Å²) in [5.41, 5.74) is 0.205. The fraction of sp³-hybridized carbons (Fsp3) is 0.400. The Balaban J connectivity index is 1.18. The number of rotatable bonds is 5. The van der Waals surface area contributed by atoms with E-state index in [9.17, 15) is 13.9 Å². The van der Waals surface area contributed by atoms with E-state index in [2.05, 4.69) is 20.8 Å². The van der Waals surface area contributed by atoms with E-state index in [4.69, 9.17) is 16.1 Å². The molecule has 228 valence electrons. The first-order chi connectivity index (χ1) is 21.8. The number of fused-ring (bicyclic) bond motifs is 5. The lowest BCUT2D eigenvalue weighted by molar-refractivity contribution is 0.0828. The molecule has 3 atom stereocenters. The van der Waals surface area contributed by atoms with Crippen LogP contribution in [0, 0.1) is 41.2 Å². The molecule has 2 saturated carbocycles. The Morgan fingerprint density at radius 3 is 2.82 bits per heavy atom. The van der Waals surface area contributed by atoms with E-state index in [1.54, 1.807) is 4.90 Å². The van der Waals surface area contributed by atoms with Crippen LogP contribution in [0.25, 0.3) is 32.9 Å². The third kappa shape index (κ3) is 4.06. The zero-order chi connectivity index (χ0) is 30.7. The molecule has 9 rings (SSSR count). The van der Waals surface area contributed by atoms with E-state index >= 15 is 4.39 Å². The van der Waals surface area contributed by atoms with Gasteiger partial charge in [-0.2, -0.15) is 9.97 Å². The number of terminal acetylenes is 1. The van der Waals surface area contributed by atoms with Gasteiger partial charge in [0, 0.05) is 36.8 Å². The molecule has 1 N–H and O–H groups in total. The number of halogens is 3. The second-order valence-electron chi connectivity index (χ2n) is 13.6. The van der Waals surface area contributed by atoms with Crippen molar-refractivity contribution >= 4 is 27.5 Å². The lowest BCUT2D eigenvalue weighted by Gasteiger charge is -2.34. The van der Waals surface area contributed by atoms with Crippen LogP contribution in [0.3, 0.4) is 0 Å². The summed E-state index contributed by atoms with van der Waals surface area (Å²) in [5.74, 6) is 2.12. The minimum atomic E-state index is -0.797. The van der Waals surface area contributed by atoms with Gasteiger partial charge in [-0.15, -0.1) is 6.42 Å². The quantitative estimate of drug-likeness (QED) is 0.273. The van der Waals surface area contributed by atoms with Crippen molar-refractivity contribution in [2.75, 3.05) is 37.7 Å². The predicted octanol–water partition coefficient (Wildman–Crippen LogP) is 6.13. The molecule has 5 heterocycles. The van der Waals surface area contributed by atoms with Gasteiger partial charge < -0.3 is 14.7 Å². The third-order valence-corrected chi connectivity index (χ3v) is 10.8. The Labute approximate surface area is 257 Å². The van der Waals surface area contributed by atoms with Gasteiger partial charge >= 0.3 is 6.01 Å². The van der Waals surface area contributed by atoms with Crippen molar-refractivity contribution in [2.24, 2.45) is 17.3 Å². The number of piperidine rings is 1. The van der Waals surface area contributed by atoms with Crippen LogP contribution in [-0.4, -0.2) is 63.3 Å². The van der Waals surface area contributed by atoms with Crippen LogP contribution >= 0.6 is 0 Å². The number of hydrogen-bond donors (Lipinski definition) is 1. The Kier molecular flexibility index (Phi) is 5.60. The highest BCUT2D eigenvalue weighted by Gasteiger charge is 2.70. The molecule has 2 aliphatic carbocycles. The highest BCUT2D eigenvalue weighted by atomic mass is 19.1. The zero-order valence-electron chi connectivity index (χ0n) is 24.5. The molecule has 7 nitrogen and oxygen atoms in total. The molecule has 10 heteroatoms. The second kappa shape index (κ2) is 9.33. The molecular formula is C35H30F3N5O2. The number of nitrogens with zero attached hydrogens (tertiary/aromatic N) is 5. The molecule has 1 spiro atoms. The first-order valence-corrected chi connectivity index (χ1v) is 15.5. The van der Waals surface area contributed by atoms with Gasteiger partial charge in [-0.1, -0.05) is 12.0 Å². The Bertz CT molecular complexity index is 2020. The van der Waals surface area contributed by atoms with Gasteiger partial charge in [0.15, 0.2) is 5.82 Å². The van der Waals surface area contributed by atoms with E-state index in [1.165, 1.54) is 55.8 Å². The zero-order valence-corrected chi connectivity index (χ0v) is 24.5. The standard InChI is InChI=1S/C35H30F3N5O2/c1-2-23-27(37)6-5-19-10-22(44)12-24(28(19)23)30-29(38)31-25(13-39-30)32(42-9-3-4-21(36)15-42)41-33(40-31)45-18-35-16-34(7-8-34)17-43(35)14-20-11-26(20)35/h1,4-6,10,12-13,20,26,44H,3,7-9,11,14-18H2/t20-,26-,35-/m1/s1. The monoisotopic (exact) mass is 609 g/mol. The number of benzene rings is 2. The number of anilines is 1. The van der Waals surface area contributed by atoms with Gasteiger partial charge in [0.2, 0.25) is 0 Å². The van der Waals surface area contributed by atoms with Crippen molar-refractivity contribution in [3.8, 4) is 35.4 Å². The predicted molar refractivity (Wildman–Crippen MR) is 163 cm³/mol. The molecule has 0 unspecified atom stereocenters. The van der Waals surface area contributed by atoms with Crippen LogP contribution in [0.2, 0.25) is 0 Å². The van der Waals surface area contributed by atoms with Crippen molar-refractivity contribution in [1.29, 1.82) is 0 Å². The fourth-order valence-corrected chi connectivity index (χ4v) is 8.48. The maximum Gasteiger partial charge on any atom is 0.319 e. The van der Waals surface area contributed by atoms with Crippen molar-refractivity contribution in [2.45, 2.75) is 37.6 Å². The smallest absolute Gasteiger partial charge is 0.319 e. The Hall–Kier alpha value is -4.36. The van der Waals surface area contributed by atoms with E-state index in [1.807, 2.05) is 0 Å². The molecule has 0 amide bonds. The van der Waals surface area contributed by atoms with Crippen LogP contribution in [0.1, 0.15) is 37.7 Å². The number of phenols is 1. The molecule has 45 heavy (non-hydrogen) atoms. The molecule has 4 aromatic rings. The number of ether oxygens (including phenoxy) is 1. The van der Waals surface area contributed by atoms with Crippen molar-refractivity contribution < 1.29 is 23.0 Å². The van der Waals surface area contributed by atoms with E-state index in [-0.39, 0.29) is 57.4 Å². The highest BCUT2D eigenvalue weighted by Crippen LogP contribution is 2.68. The lowest BCUT2D eigenvalue weighted by atomic mass is 9.87. The molecular weight excluding hydrogens is 579 g/mol. The molecule has 0 radical (unpaired) electrons. The largest absolute Gasteiger partial charge is 0.508 e. The topological polar surface area (TPSA) is 74.6 Å². The van der Waals surface area contributed by atoms with Gasteiger partial charge in [0.05, 0.1) is 23.0 Å². The van der Waals surface area contributed by atoms with Gasteiger partial charge in [-0.3, -0.25) is 9.88 Å². The minimum absolute atomic E-state index is 0.0130. The average molecular weight is 610 g/mol. The van der Waals surface area contributed by atoms with Gasteiger partial charge in [0.25, 0.3) is 0 Å². The summed E-state index contributed by atoms with van der Waals surface area (Å²) in [5, 5.41) is 11.5. The first-order valence-electron chi connectivity index (χ1n) is 15.5. The summed E-state index contributed by atoms with van der Waals surface area (Å²) in [6, 6.07) is 5.47. The van der Waals surface area contributed by atoms with E-state index in [0.717, 1.165) is 19.5 Å². The molecule has 5 aliphatic rings. The summed E-state index contributed by atoms with van der Waals surface area (Å²) >= 11 is 0. The normalized spacial score (nSPS) is 26.2. The average Bonchev–Trinajstić information content (AvgIpc) is 3.92. The maximum atomic E-state index is 16.7. The lowest BCUT2D eigenvalue weighted by Crippen LogP contribution is -2.47. The molecule has 2 saturated heterocycles. The van der Waals surface area contributed by atoms with Crippen molar-refractivity contribution in [3.05, 3.63) is 59.6 Å². The highest BCUT2D eigenvalue weighted by molar-refractivity contribution is 6.03. The number of aromatic nitrogens is 3. The molecule has 2 aromatic carbocycles. The van der Waals surface area contributed by atoms with E-state index < -0.39 is 11.6 Å². The SMILES string of the molecule is C#Cc1c(F)ccc2cc(O)cc(-c3ncc4c(N5CCC=C(F)C5)nc(OC[C@@]56CC7(CC7)CN5C[C@H]5C[C@H]56)nc4c3F)c12. The summed E-state index contributed by atoms with van der Waals surface area (Å²) in [6.07, 6.45) is 13.9. The van der Waals surface area contributed by atoms with Crippen LogP contribution in [0.4, 0.5) is 19.0 Å². The summed E-state index contributed by atoms with van der Waals surface area (Å²) in [7, 11) is 0. The molecule has 0 bridgehead atoms. The summed E-state index contributed by atoms with van der Waals surface area (Å²) < 4.78 is 52.4. The molecule has 4 fully saturated rings. The minimum Gasteiger partial charge on any atom is -0.508 e. The Morgan fingerprint density at radius 1 is 1.16 bits per heavy atom. The molecule has 3 aliphatic heterocycles. The summed E-state index contributed by atoms with van der Waals surface area (Å²) in [6.45, 7) is 3.08. The van der Waals surface area contributed by atoms with E-state index in [0.29, 0.717) is 53.4 Å². The fourth-order valence-electron chi connectivity index (χ4n) is 8.48. The summed E-state index contributed by atoms with van der Waals surface area (Å²) in [4.78, 5) is 18.1. The van der Waals surface area contributed by atoms with Gasteiger partial charge in [-0.25, -0.2) is 13.2 Å². The number of phenolic OH excluding ortho intramolecular Hbond substituents is 1. The van der Waals surface area contributed by atoms with Gasteiger partial charge in [0.1, 0.15) is 41.0 Å². The molecule has 2 aromatic heterocycles. The number of pyridine rings is 1. The number of aromatic hydroxyl groups is 1. The van der Waals surface area contributed by atoms with Crippen LogP contribution in [0.15, 0.2) is 42.4 Å². The first kappa shape index (κ1) is 27.0. The van der Waals surface area contributed by atoms with Crippen LogP contribution in [0.5, 0.6) is 11.8 Å². The van der Waals surface area contributed by atoms with Crippen LogP contribution < -0.4 is 9.64 Å². The van der Waals surface area contributed by atoms with Crippen molar-refractivity contribution in [3.63, 3.8) is 0 Å². The van der Waals surface area contributed by atoms with Crippen LogP contribution in [-0.2, 0) is 0 Å².